The number of amides is 1. The molecule has 132 valence electrons. The lowest BCUT2D eigenvalue weighted by atomic mass is 9.96. The van der Waals surface area contributed by atoms with E-state index in [1.54, 1.807) is 0 Å². The smallest absolute Gasteiger partial charge is 0.414 e. The number of aliphatic carboxylic acids is 2. The van der Waals surface area contributed by atoms with Crippen LogP contribution in [0.5, 0.6) is 0 Å². The summed E-state index contributed by atoms with van der Waals surface area (Å²) in [6.45, 7) is 2.63. The first kappa shape index (κ1) is 20.2. The molecule has 2 rings (SSSR count). The van der Waals surface area contributed by atoms with Gasteiger partial charge >= 0.3 is 11.9 Å². The zero-order valence-electron chi connectivity index (χ0n) is 12.7. The van der Waals surface area contributed by atoms with Crippen molar-refractivity contribution in [1.29, 1.82) is 0 Å². The Morgan fingerprint density at radius 2 is 1.62 bits per heavy atom. The number of carboxylic acids is 2. The Bertz CT molecular complexity index is 604. The fraction of sp³-hybridized carbons (Fsp3) is 0.400. The Hall–Kier alpha value is -1.83. The number of hydrogen-bond acceptors (Lipinski definition) is 4. The van der Waals surface area contributed by atoms with Crippen LogP contribution in [0.4, 0.5) is 0 Å². The first-order chi connectivity index (χ1) is 11.2. The molecular weight excluding hydrogens is 359 g/mol. The number of carbonyl (C=O) groups is 3. The summed E-state index contributed by atoms with van der Waals surface area (Å²) in [5, 5.41) is 15.9. The van der Waals surface area contributed by atoms with Gasteiger partial charge in [0.2, 0.25) is 5.91 Å². The maximum Gasteiger partial charge on any atom is 0.414 e. The number of carbonyl (C=O) groups excluding carboxylic acids is 1. The Balaban J connectivity index is 0.000000413. The average molecular weight is 377 g/mol. The van der Waals surface area contributed by atoms with E-state index in [1.165, 1.54) is 0 Å². The predicted molar refractivity (Wildman–Crippen MR) is 88.9 cm³/mol. The number of nitrogens with zero attached hydrogens (tertiary/aromatic N) is 1. The second-order valence-corrected chi connectivity index (χ2v) is 6.13. The van der Waals surface area contributed by atoms with Crippen molar-refractivity contribution in [3.05, 3.63) is 33.8 Å². The van der Waals surface area contributed by atoms with E-state index in [1.807, 2.05) is 18.2 Å². The number of nitrogens with two attached hydrogens (primary N) is 1. The summed E-state index contributed by atoms with van der Waals surface area (Å²) in [6, 6.07) is 5.69. The monoisotopic (exact) mass is 376 g/mol. The summed E-state index contributed by atoms with van der Waals surface area (Å²) in [5.41, 5.74) is 6.45. The van der Waals surface area contributed by atoms with Crippen molar-refractivity contribution in [2.24, 2.45) is 11.7 Å². The van der Waals surface area contributed by atoms with E-state index >= 15 is 0 Å². The minimum absolute atomic E-state index is 0.0371. The summed E-state index contributed by atoms with van der Waals surface area (Å²) < 4.78 is 0. The Kier molecular flexibility index (Phi) is 7.97. The van der Waals surface area contributed by atoms with E-state index in [0.29, 0.717) is 10.0 Å². The molecule has 4 N–H and O–H groups in total. The van der Waals surface area contributed by atoms with Crippen LogP contribution in [0.3, 0.4) is 0 Å². The molecule has 1 aliphatic heterocycles. The van der Waals surface area contributed by atoms with Crippen LogP contribution in [0.1, 0.15) is 18.4 Å². The minimum atomic E-state index is -1.82. The SMILES string of the molecule is NC(=O)C1CCN(Cc2ccc(Cl)c(Cl)c2)CC1.O=C(O)C(=O)O. The molecule has 1 saturated heterocycles. The van der Waals surface area contributed by atoms with E-state index in [2.05, 4.69) is 4.90 Å². The lowest BCUT2D eigenvalue weighted by Crippen LogP contribution is -2.38. The number of likely N-dealkylation sites (tertiary alicyclic amines) is 1. The van der Waals surface area contributed by atoms with Crippen molar-refractivity contribution in [3.63, 3.8) is 0 Å². The summed E-state index contributed by atoms with van der Waals surface area (Å²) in [5.74, 6) is -3.79. The van der Waals surface area contributed by atoms with Gasteiger partial charge in [0, 0.05) is 12.5 Å². The molecule has 1 heterocycles. The minimum Gasteiger partial charge on any atom is -0.473 e. The molecule has 24 heavy (non-hydrogen) atoms. The number of hydrogen-bond donors (Lipinski definition) is 3. The van der Waals surface area contributed by atoms with Crippen molar-refractivity contribution in [3.8, 4) is 0 Å². The topological polar surface area (TPSA) is 121 Å². The van der Waals surface area contributed by atoms with Crippen LogP contribution in [0.15, 0.2) is 18.2 Å². The standard InChI is InChI=1S/C13H16Cl2N2O.C2H2O4/c14-11-2-1-9(7-12(11)15)8-17-5-3-10(4-6-17)13(16)18;3-1(4)2(5)6/h1-2,7,10H,3-6,8H2,(H2,16,18);(H,3,4)(H,5,6). The van der Waals surface area contributed by atoms with Gasteiger partial charge in [0.15, 0.2) is 0 Å². The zero-order valence-corrected chi connectivity index (χ0v) is 14.3. The van der Waals surface area contributed by atoms with Crippen molar-refractivity contribution in [1.82, 2.24) is 4.90 Å². The first-order valence-corrected chi connectivity index (χ1v) is 7.88. The third-order valence-corrected chi connectivity index (χ3v) is 4.30. The maximum atomic E-state index is 11.1. The first-order valence-electron chi connectivity index (χ1n) is 7.12. The van der Waals surface area contributed by atoms with E-state index in [4.69, 9.17) is 48.7 Å². The van der Waals surface area contributed by atoms with Gasteiger partial charge in [0.05, 0.1) is 10.0 Å². The molecule has 0 spiro atoms. The van der Waals surface area contributed by atoms with Crippen LogP contribution in [0.25, 0.3) is 0 Å². The highest BCUT2D eigenvalue weighted by Gasteiger charge is 2.22. The molecule has 0 aromatic heterocycles. The van der Waals surface area contributed by atoms with Gasteiger partial charge in [-0.3, -0.25) is 9.69 Å². The Labute approximate surface area is 148 Å². The van der Waals surface area contributed by atoms with Crippen LogP contribution >= 0.6 is 23.2 Å². The van der Waals surface area contributed by atoms with Gasteiger partial charge < -0.3 is 15.9 Å². The molecule has 1 aromatic rings. The number of halogens is 2. The number of carboxylic acid groups (broad SMARTS) is 2. The number of primary amides is 1. The van der Waals surface area contributed by atoms with Crippen LogP contribution in [0.2, 0.25) is 10.0 Å². The van der Waals surface area contributed by atoms with Crippen LogP contribution in [-0.4, -0.2) is 46.0 Å². The van der Waals surface area contributed by atoms with Crippen LogP contribution in [0, 0.1) is 5.92 Å². The molecule has 7 nitrogen and oxygen atoms in total. The molecule has 1 aliphatic rings. The summed E-state index contributed by atoms with van der Waals surface area (Å²) in [6.07, 6.45) is 1.69. The number of benzene rings is 1. The molecule has 0 bridgehead atoms. The average Bonchev–Trinajstić information content (AvgIpc) is 2.52. The fourth-order valence-electron chi connectivity index (χ4n) is 2.27. The largest absolute Gasteiger partial charge is 0.473 e. The van der Waals surface area contributed by atoms with Gasteiger partial charge in [0.25, 0.3) is 0 Å². The van der Waals surface area contributed by atoms with Gasteiger partial charge in [-0.2, -0.15) is 0 Å². The lowest BCUT2D eigenvalue weighted by Gasteiger charge is -2.30. The normalized spacial score (nSPS) is 15.2. The number of piperidine rings is 1. The van der Waals surface area contributed by atoms with Crippen LogP contribution in [-0.2, 0) is 20.9 Å². The molecule has 0 saturated carbocycles. The highest BCUT2D eigenvalue weighted by atomic mass is 35.5. The molecule has 0 unspecified atom stereocenters. The molecule has 0 atom stereocenters. The summed E-state index contributed by atoms with van der Waals surface area (Å²) >= 11 is 11.9. The summed E-state index contributed by atoms with van der Waals surface area (Å²) in [7, 11) is 0. The van der Waals surface area contributed by atoms with Gasteiger partial charge in [-0.1, -0.05) is 29.3 Å². The maximum absolute atomic E-state index is 11.1. The van der Waals surface area contributed by atoms with E-state index in [9.17, 15) is 4.79 Å². The van der Waals surface area contributed by atoms with Crippen molar-refractivity contribution < 1.29 is 24.6 Å². The Morgan fingerprint density at radius 3 is 2.04 bits per heavy atom. The van der Waals surface area contributed by atoms with E-state index in [-0.39, 0.29) is 11.8 Å². The van der Waals surface area contributed by atoms with E-state index in [0.717, 1.165) is 38.0 Å². The van der Waals surface area contributed by atoms with E-state index < -0.39 is 11.9 Å². The highest BCUT2D eigenvalue weighted by molar-refractivity contribution is 6.42. The van der Waals surface area contributed by atoms with Gasteiger partial charge in [0.1, 0.15) is 0 Å². The third-order valence-electron chi connectivity index (χ3n) is 3.56. The fourth-order valence-corrected chi connectivity index (χ4v) is 2.59. The molecule has 1 fully saturated rings. The molecule has 1 amide bonds. The zero-order chi connectivity index (χ0) is 18.3. The highest BCUT2D eigenvalue weighted by Crippen LogP contribution is 2.24. The lowest BCUT2D eigenvalue weighted by molar-refractivity contribution is -0.159. The van der Waals surface area contributed by atoms with Crippen molar-refractivity contribution in [2.45, 2.75) is 19.4 Å². The number of rotatable bonds is 3. The molecular formula is C15H18Cl2N2O5. The quantitative estimate of drug-likeness (QED) is 0.692. The summed E-state index contributed by atoms with van der Waals surface area (Å²) in [4.78, 5) is 31.6. The van der Waals surface area contributed by atoms with Gasteiger partial charge in [-0.15, -0.1) is 0 Å². The second-order valence-electron chi connectivity index (χ2n) is 5.31. The van der Waals surface area contributed by atoms with Gasteiger partial charge in [-0.05, 0) is 43.6 Å². The molecule has 1 aromatic carbocycles. The van der Waals surface area contributed by atoms with Crippen LogP contribution < -0.4 is 5.73 Å². The molecule has 0 aliphatic carbocycles. The Morgan fingerprint density at radius 1 is 1.08 bits per heavy atom. The molecule has 9 heteroatoms. The molecule has 0 radical (unpaired) electrons. The van der Waals surface area contributed by atoms with Gasteiger partial charge in [-0.25, -0.2) is 9.59 Å². The van der Waals surface area contributed by atoms with Crippen molar-refractivity contribution >= 4 is 41.0 Å². The predicted octanol–water partition coefficient (Wildman–Crippen LogP) is 1.85. The van der Waals surface area contributed by atoms with Crippen molar-refractivity contribution in [2.75, 3.05) is 13.1 Å². The second kappa shape index (κ2) is 9.46. The third kappa shape index (κ3) is 6.74.